The summed E-state index contributed by atoms with van der Waals surface area (Å²) in [6, 6.07) is 0. The monoisotopic (exact) mass is 275 g/mol. The van der Waals surface area contributed by atoms with E-state index in [1.165, 1.54) is 32.5 Å². The molecule has 1 atom stereocenters. The van der Waals surface area contributed by atoms with E-state index in [0.29, 0.717) is 0 Å². The number of likely N-dealkylation sites (tertiary alicyclic amines) is 1. The van der Waals surface area contributed by atoms with Crippen LogP contribution in [0.15, 0.2) is 0 Å². The molecule has 2 fully saturated rings. The van der Waals surface area contributed by atoms with Gasteiger partial charge >= 0.3 is 0 Å². The van der Waals surface area contributed by atoms with Gasteiger partial charge in [-0.25, -0.2) is 0 Å². The van der Waals surface area contributed by atoms with Crippen molar-refractivity contribution in [2.45, 2.75) is 25.7 Å². The number of halogens is 1. The predicted octanol–water partition coefficient (Wildman–Crippen LogP) is 0.866. The van der Waals surface area contributed by atoms with Crippen molar-refractivity contribution < 1.29 is 4.79 Å². The molecule has 2 N–H and O–H groups in total. The van der Waals surface area contributed by atoms with Gasteiger partial charge in [-0.2, -0.15) is 0 Å². The minimum absolute atomic E-state index is 0. The van der Waals surface area contributed by atoms with Gasteiger partial charge in [0.2, 0.25) is 5.91 Å². The first-order valence-electron chi connectivity index (χ1n) is 6.94. The SMILES string of the molecule is CNC(=O)C1CCN(CC2CCCNC2)CC1.Cl. The van der Waals surface area contributed by atoms with E-state index in [0.717, 1.165) is 31.8 Å². The maximum absolute atomic E-state index is 11.5. The number of rotatable bonds is 3. The number of nitrogens with zero attached hydrogens (tertiary/aromatic N) is 1. The van der Waals surface area contributed by atoms with E-state index in [-0.39, 0.29) is 24.2 Å². The van der Waals surface area contributed by atoms with Crippen LogP contribution in [0.25, 0.3) is 0 Å². The first-order chi connectivity index (χ1) is 8.29. The Kier molecular flexibility index (Phi) is 6.97. The molecule has 0 saturated carbocycles. The van der Waals surface area contributed by atoms with Gasteiger partial charge in [0.15, 0.2) is 0 Å². The van der Waals surface area contributed by atoms with Crippen molar-refractivity contribution in [2.75, 3.05) is 39.8 Å². The Morgan fingerprint density at radius 3 is 2.61 bits per heavy atom. The van der Waals surface area contributed by atoms with Crippen molar-refractivity contribution in [2.24, 2.45) is 11.8 Å². The number of piperidine rings is 2. The minimum Gasteiger partial charge on any atom is -0.359 e. The smallest absolute Gasteiger partial charge is 0.222 e. The third kappa shape index (κ3) is 4.41. The van der Waals surface area contributed by atoms with Gasteiger partial charge in [0.05, 0.1) is 0 Å². The lowest BCUT2D eigenvalue weighted by atomic mass is 9.93. The predicted molar refractivity (Wildman–Crippen MR) is 76.1 cm³/mol. The molecule has 0 aromatic heterocycles. The molecule has 0 aromatic carbocycles. The fourth-order valence-corrected chi connectivity index (χ4v) is 3.03. The lowest BCUT2D eigenvalue weighted by molar-refractivity contribution is -0.125. The number of nitrogens with one attached hydrogen (secondary N) is 2. The van der Waals surface area contributed by atoms with E-state index in [9.17, 15) is 4.79 Å². The molecule has 2 heterocycles. The largest absolute Gasteiger partial charge is 0.359 e. The third-order valence-electron chi connectivity index (χ3n) is 4.12. The molecule has 1 amide bonds. The fraction of sp³-hybridized carbons (Fsp3) is 0.923. The zero-order valence-electron chi connectivity index (χ0n) is 11.3. The zero-order valence-corrected chi connectivity index (χ0v) is 12.1. The summed E-state index contributed by atoms with van der Waals surface area (Å²) in [5, 5.41) is 6.23. The summed E-state index contributed by atoms with van der Waals surface area (Å²) in [7, 11) is 1.74. The summed E-state index contributed by atoms with van der Waals surface area (Å²) < 4.78 is 0. The van der Waals surface area contributed by atoms with Gasteiger partial charge in [0.1, 0.15) is 0 Å². The van der Waals surface area contributed by atoms with Crippen molar-refractivity contribution >= 4 is 18.3 Å². The molecule has 106 valence electrons. The summed E-state index contributed by atoms with van der Waals surface area (Å²) in [5.74, 6) is 1.30. The highest BCUT2D eigenvalue weighted by Crippen LogP contribution is 2.20. The van der Waals surface area contributed by atoms with Crippen LogP contribution in [0.3, 0.4) is 0 Å². The van der Waals surface area contributed by atoms with Crippen LogP contribution in [0.1, 0.15) is 25.7 Å². The Morgan fingerprint density at radius 1 is 1.33 bits per heavy atom. The van der Waals surface area contributed by atoms with Gasteiger partial charge in [-0.15, -0.1) is 12.4 Å². The van der Waals surface area contributed by atoms with Gasteiger partial charge in [-0.3, -0.25) is 4.79 Å². The quantitative estimate of drug-likeness (QED) is 0.803. The van der Waals surface area contributed by atoms with Crippen molar-refractivity contribution in [1.82, 2.24) is 15.5 Å². The molecule has 2 aliphatic heterocycles. The highest BCUT2D eigenvalue weighted by molar-refractivity contribution is 5.85. The number of amides is 1. The zero-order chi connectivity index (χ0) is 12.1. The van der Waals surface area contributed by atoms with E-state index >= 15 is 0 Å². The van der Waals surface area contributed by atoms with Gasteiger partial charge in [-0.1, -0.05) is 0 Å². The number of hydrogen-bond acceptors (Lipinski definition) is 3. The molecule has 0 aromatic rings. The number of carbonyl (C=O) groups is 1. The third-order valence-corrected chi connectivity index (χ3v) is 4.12. The first-order valence-corrected chi connectivity index (χ1v) is 6.94. The van der Waals surface area contributed by atoms with Crippen molar-refractivity contribution in [3.63, 3.8) is 0 Å². The highest BCUT2D eigenvalue weighted by atomic mass is 35.5. The summed E-state index contributed by atoms with van der Waals surface area (Å²) >= 11 is 0. The van der Waals surface area contributed by atoms with Crippen LogP contribution in [0.4, 0.5) is 0 Å². The molecule has 4 nitrogen and oxygen atoms in total. The molecule has 2 rings (SSSR count). The Morgan fingerprint density at radius 2 is 2.06 bits per heavy atom. The van der Waals surface area contributed by atoms with Crippen LogP contribution in [0.2, 0.25) is 0 Å². The van der Waals surface area contributed by atoms with Gasteiger partial charge in [0, 0.05) is 19.5 Å². The maximum Gasteiger partial charge on any atom is 0.222 e. The van der Waals surface area contributed by atoms with Crippen molar-refractivity contribution in [3.05, 3.63) is 0 Å². The molecule has 2 saturated heterocycles. The second kappa shape index (κ2) is 7.97. The Bertz CT molecular complexity index is 249. The molecule has 2 aliphatic rings. The fourth-order valence-electron chi connectivity index (χ4n) is 3.03. The standard InChI is InChI=1S/C13H25N3O.ClH/c1-14-13(17)12-4-7-16(8-5-12)10-11-3-2-6-15-9-11;/h11-12,15H,2-10H2,1H3,(H,14,17);1H. The topological polar surface area (TPSA) is 44.4 Å². The summed E-state index contributed by atoms with van der Waals surface area (Å²) in [6.45, 7) is 5.77. The normalized spacial score (nSPS) is 26.4. The Balaban J connectivity index is 0.00000162. The minimum atomic E-state index is 0. The average Bonchev–Trinajstić information content (AvgIpc) is 2.40. The van der Waals surface area contributed by atoms with E-state index in [1.54, 1.807) is 7.05 Å². The molecule has 0 radical (unpaired) electrons. The lowest BCUT2D eigenvalue weighted by Crippen LogP contribution is -2.44. The second-order valence-electron chi connectivity index (χ2n) is 5.40. The van der Waals surface area contributed by atoms with E-state index in [2.05, 4.69) is 15.5 Å². The van der Waals surface area contributed by atoms with Crippen molar-refractivity contribution in [1.29, 1.82) is 0 Å². The van der Waals surface area contributed by atoms with Crippen LogP contribution in [0.5, 0.6) is 0 Å². The molecule has 5 heteroatoms. The van der Waals surface area contributed by atoms with E-state index in [1.807, 2.05) is 0 Å². The molecule has 1 unspecified atom stereocenters. The summed E-state index contributed by atoms with van der Waals surface area (Å²) in [6.07, 6.45) is 4.74. The molecule has 18 heavy (non-hydrogen) atoms. The molecular formula is C13H26ClN3O. The van der Waals surface area contributed by atoms with Crippen LogP contribution >= 0.6 is 12.4 Å². The lowest BCUT2D eigenvalue weighted by Gasteiger charge is -2.34. The van der Waals surface area contributed by atoms with Crippen LogP contribution in [-0.4, -0.2) is 50.6 Å². The van der Waals surface area contributed by atoms with Gasteiger partial charge < -0.3 is 15.5 Å². The summed E-state index contributed by atoms with van der Waals surface area (Å²) in [4.78, 5) is 14.1. The molecule has 0 spiro atoms. The second-order valence-corrected chi connectivity index (χ2v) is 5.40. The van der Waals surface area contributed by atoms with Crippen molar-refractivity contribution in [3.8, 4) is 0 Å². The number of hydrogen-bond donors (Lipinski definition) is 2. The molecule has 0 aliphatic carbocycles. The van der Waals surface area contributed by atoms with E-state index < -0.39 is 0 Å². The maximum atomic E-state index is 11.5. The van der Waals surface area contributed by atoms with Crippen LogP contribution in [0, 0.1) is 11.8 Å². The summed E-state index contributed by atoms with van der Waals surface area (Å²) in [5.41, 5.74) is 0. The Hall–Kier alpha value is -0.320. The van der Waals surface area contributed by atoms with Gasteiger partial charge in [0.25, 0.3) is 0 Å². The molecule has 0 bridgehead atoms. The van der Waals surface area contributed by atoms with Gasteiger partial charge in [-0.05, 0) is 57.8 Å². The number of carbonyl (C=O) groups excluding carboxylic acids is 1. The molecular weight excluding hydrogens is 250 g/mol. The Labute approximate surface area is 116 Å². The van der Waals surface area contributed by atoms with Crippen LogP contribution < -0.4 is 10.6 Å². The first kappa shape index (κ1) is 15.7. The van der Waals surface area contributed by atoms with E-state index in [4.69, 9.17) is 0 Å². The van der Waals surface area contributed by atoms with Crippen LogP contribution in [-0.2, 0) is 4.79 Å². The highest BCUT2D eigenvalue weighted by Gasteiger charge is 2.25. The average molecular weight is 276 g/mol.